The Bertz CT molecular complexity index is 657. The summed E-state index contributed by atoms with van der Waals surface area (Å²) in [7, 11) is 3.95. The maximum absolute atomic E-state index is 4.71. The lowest BCUT2D eigenvalue weighted by molar-refractivity contribution is 0.641. The van der Waals surface area contributed by atoms with Crippen LogP contribution in [0.1, 0.15) is 24.6 Å². The van der Waals surface area contributed by atoms with Gasteiger partial charge in [0.1, 0.15) is 5.82 Å². The first-order valence-corrected chi connectivity index (χ1v) is 8.82. The van der Waals surface area contributed by atoms with Crippen LogP contribution in [-0.2, 0) is 0 Å². The van der Waals surface area contributed by atoms with Gasteiger partial charge in [-0.25, -0.2) is 4.98 Å². The number of piperazine rings is 1. The van der Waals surface area contributed by atoms with Gasteiger partial charge in [0.25, 0.3) is 0 Å². The van der Waals surface area contributed by atoms with Crippen molar-refractivity contribution in [2.45, 2.75) is 18.8 Å². The Morgan fingerprint density at radius 1 is 1.04 bits per heavy atom. The number of aromatic nitrogens is 4. The van der Waals surface area contributed by atoms with E-state index in [-0.39, 0.29) is 0 Å². The molecule has 0 spiro atoms. The molecular weight excluding hydrogens is 310 g/mol. The van der Waals surface area contributed by atoms with Crippen LogP contribution >= 0.6 is 11.5 Å². The smallest absolute Gasteiger partial charge is 0.205 e. The van der Waals surface area contributed by atoms with E-state index >= 15 is 0 Å². The second kappa shape index (κ2) is 5.92. The zero-order valence-electron chi connectivity index (χ0n) is 13.5. The van der Waals surface area contributed by atoms with E-state index < -0.39 is 0 Å². The van der Waals surface area contributed by atoms with Crippen molar-refractivity contribution in [1.82, 2.24) is 19.6 Å². The lowest BCUT2D eigenvalue weighted by atomic mass is 10.3. The standard InChI is InChI=1S/C15H21N7S/c1-20(2)12-5-6-13(18-17-12)21-7-9-22(10-8-21)15-16-14(19-23-15)11-3-4-11/h5-6,11H,3-4,7-10H2,1-2H3. The highest BCUT2D eigenvalue weighted by Crippen LogP contribution is 2.39. The number of nitrogens with zero attached hydrogens (tertiary/aromatic N) is 7. The second-order valence-corrected chi connectivity index (χ2v) is 7.06. The minimum Gasteiger partial charge on any atom is -0.361 e. The van der Waals surface area contributed by atoms with Crippen LogP contribution in [0.15, 0.2) is 12.1 Å². The Morgan fingerprint density at radius 2 is 1.78 bits per heavy atom. The molecule has 1 aliphatic carbocycles. The number of rotatable bonds is 4. The van der Waals surface area contributed by atoms with Crippen molar-refractivity contribution in [1.29, 1.82) is 0 Å². The predicted octanol–water partition coefficient (Wildman–Crippen LogP) is 1.60. The molecule has 2 aromatic heterocycles. The molecule has 0 amide bonds. The van der Waals surface area contributed by atoms with Crippen LogP contribution in [0.5, 0.6) is 0 Å². The summed E-state index contributed by atoms with van der Waals surface area (Å²) in [4.78, 5) is 11.3. The molecule has 122 valence electrons. The summed E-state index contributed by atoms with van der Waals surface area (Å²) in [5, 5.41) is 9.68. The molecule has 23 heavy (non-hydrogen) atoms. The topological polar surface area (TPSA) is 61.3 Å². The second-order valence-electron chi connectivity index (χ2n) is 6.33. The van der Waals surface area contributed by atoms with Crippen LogP contribution in [0.2, 0.25) is 0 Å². The summed E-state index contributed by atoms with van der Waals surface area (Å²) < 4.78 is 4.51. The molecule has 4 rings (SSSR count). The van der Waals surface area contributed by atoms with Crippen LogP contribution in [0.4, 0.5) is 16.8 Å². The fraction of sp³-hybridized carbons (Fsp3) is 0.600. The summed E-state index contributed by atoms with van der Waals surface area (Å²) in [6, 6.07) is 4.06. The van der Waals surface area contributed by atoms with Crippen molar-refractivity contribution in [3.8, 4) is 0 Å². The van der Waals surface area contributed by atoms with Crippen LogP contribution in [0, 0.1) is 0 Å². The summed E-state index contributed by atoms with van der Waals surface area (Å²) in [6.45, 7) is 3.79. The number of anilines is 3. The van der Waals surface area contributed by atoms with E-state index in [1.54, 1.807) is 0 Å². The van der Waals surface area contributed by atoms with E-state index in [9.17, 15) is 0 Å². The Labute approximate surface area is 140 Å². The Kier molecular flexibility index (Phi) is 3.76. The normalized spacial score (nSPS) is 18.3. The van der Waals surface area contributed by atoms with Crippen LogP contribution in [0.25, 0.3) is 0 Å². The van der Waals surface area contributed by atoms with Gasteiger partial charge in [-0.1, -0.05) is 0 Å². The van der Waals surface area contributed by atoms with Crippen LogP contribution < -0.4 is 14.7 Å². The molecule has 1 saturated heterocycles. The Balaban J connectivity index is 1.38. The monoisotopic (exact) mass is 331 g/mol. The van der Waals surface area contributed by atoms with E-state index in [0.717, 1.165) is 48.8 Å². The minimum atomic E-state index is 0.631. The van der Waals surface area contributed by atoms with Gasteiger partial charge in [0.2, 0.25) is 5.13 Å². The maximum atomic E-state index is 4.71. The lowest BCUT2D eigenvalue weighted by Crippen LogP contribution is -2.46. The third kappa shape index (κ3) is 3.08. The zero-order chi connectivity index (χ0) is 15.8. The van der Waals surface area contributed by atoms with Gasteiger partial charge in [0.05, 0.1) is 0 Å². The van der Waals surface area contributed by atoms with E-state index in [4.69, 9.17) is 4.98 Å². The van der Waals surface area contributed by atoms with Gasteiger partial charge in [-0.05, 0) is 25.0 Å². The van der Waals surface area contributed by atoms with E-state index in [0.29, 0.717) is 5.92 Å². The largest absolute Gasteiger partial charge is 0.361 e. The minimum absolute atomic E-state index is 0.631. The maximum Gasteiger partial charge on any atom is 0.205 e. The molecule has 1 saturated carbocycles. The van der Waals surface area contributed by atoms with Gasteiger partial charge >= 0.3 is 0 Å². The highest BCUT2D eigenvalue weighted by atomic mass is 32.1. The van der Waals surface area contributed by atoms with Crippen LogP contribution in [-0.4, -0.2) is 59.8 Å². The highest BCUT2D eigenvalue weighted by Gasteiger charge is 2.29. The summed E-state index contributed by atoms with van der Waals surface area (Å²) in [6.07, 6.45) is 2.51. The van der Waals surface area contributed by atoms with Gasteiger partial charge in [0, 0.05) is 57.7 Å². The third-order valence-corrected chi connectivity index (χ3v) is 5.13. The summed E-state index contributed by atoms with van der Waals surface area (Å²) in [5.41, 5.74) is 0. The van der Waals surface area contributed by atoms with Gasteiger partial charge in [-0.15, -0.1) is 10.2 Å². The molecule has 3 heterocycles. The molecule has 2 fully saturated rings. The number of hydrogen-bond donors (Lipinski definition) is 0. The summed E-state index contributed by atoms with van der Waals surface area (Å²) >= 11 is 1.54. The molecule has 7 nitrogen and oxygen atoms in total. The van der Waals surface area contributed by atoms with Crippen molar-refractivity contribution in [2.24, 2.45) is 0 Å². The van der Waals surface area contributed by atoms with Crippen molar-refractivity contribution in [3.05, 3.63) is 18.0 Å². The molecule has 1 aliphatic heterocycles. The van der Waals surface area contributed by atoms with Gasteiger partial charge in [0.15, 0.2) is 11.6 Å². The molecule has 0 bridgehead atoms. The molecule has 2 aromatic rings. The third-order valence-electron chi connectivity index (χ3n) is 4.34. The van der Waals surface area contributed by atoms with Gasteiger partial charge in [-0.3, -0.25) is 0 Å². The molecule has 0 aromatic carbocycles. The van der Waals surface area contributed by atoms with Crippen LogP contribution in [0.3, 0.4) is 0 Å². The van der Waals surface area contributed by atoms with E-state index in [1.165, 1.54) is 24.4 Å². The molecule has 0 N–H and O–H groups in total. The Morgan fingerprint density at radius 3 is 2.39 bits per heavy atom. The quantitative estimate of drug-likeness (QED) is 0.843. The first kappa shape index (κ1) is 14.6. The zero-order valence-corrected chi connectivity index (χ0v) is 14.3. The van der Waals surface area contributed by atoms with Crippen molar-refractivity contribution in [2.75, 3.05) is 55.0 Å². The van der Waals surface area contributed by atoms with Gasteiger partial charge < -0.3 is 14.7 Å². The molecule has 2 aliphatic rings. The summed E-state index contributed by atoms with van der Waals surface area (Å²) in [5.74, 6) is 3.52. The average Bonchev–Trinajstić information content (AvgIpc) is 3.32. The highest BCUT2D eigenvalue weighted by molar-refractivity contribution is 7.09. The number of hydrogen-bond acceptors (Lipinski definition) is 8. The molecule has 0 radical (unpaired) electrons. The molecule has 0 unspecified atom stereocenters. The SMILES string of the molecule is CN(C)c1ccc(N2CCN(c3nc(C4CC4)ns3)CC2)nn1. The van der Waals surface area contributed by atoms with Crippen molar-refractivity contribution >= 4 is 28.3 Å². The molecular formula is C15H21N7S. The average molecular weight is 331 g/mol. The fourth-order valence-electron chi connectivity index (χ4n) is 2.71. The predicted molar refractivity (Wildman–Crippen MR) is 92.7 cm³/mol. The van der Waals surface area contributed by atoms with Crippen molar-refractivity contribution < 1.29 is 0 Å². The first-order chi connectivity index (χ1) is 11.2. The van der Waals surface area contributed by atoms with Gasteiger partial charge in [-0.2, -0.15) is 4.37 Å². The van der Waals surface area contributed by atoms with E-state index in [1.807, 2.05) is 31.1 Å². The van der Waals surface area contributed by atoms with Crippen molar-refractivity contribution in [3.63, 3.8) is 0 Å². The first-order valence-electron chi connectivity index (χ1n) is 8.05. The molecule has 8 heteroatoms. The molecule has 0 atom stereocenters. The lowest BCUT2D eigenvalue weighted by Gasteiger charge is -2.34. The van der Waals surface area contributed by atoms with E-state index in [2.05, 4.69) is 24.4 Å². The fourth-order valence-corrected chi connectivity index (χ4v) is 3.51. The Hall–Kier alpha value is -1.96.